The summed E-state index contributed by atoms with van der Waals surface area (Å²) in [4.78, 5) is 12.2. The molecule has 0 unspecified atom stereocenters. The molecule has 0 aliphatic heterocycles. The van der Waals surface area contributed by atoms with Gasteiger partial charge in [0, 0.05) is 13.0 Å². The van der Waals surface area contributed by atoms with Crippen molar-refractivity contribution in [2.45, 2.75) is 33.2 Å². The van der Waals surface area contributed by atoms with E-state index in [4.69, 9.17) is 0 Å². The predicted molar refractivity (Wildman–Crippen MR) is 69.5 cm³/mol. The third kappa shape index (κ3) is 2.83. The highest BCUT2D eigenvalue weighted by Crippen LogP contribution is 2.09. The minimum atomic E-state index is 0.0686. The first-order chi connectivity index (χ1) is 8.70. The van der Waals surface area contributed by atoms with Gasteiger partial charge in [0.1, 0.15) is 5.69 Å². The van der Waals surface area contributed by atoms with Gasteiger partial charge >= 0.3 is 0 Å². The number of benzene rings is 1. The van der Waals surface area contributed by atoms with Crippen LogP contribution in [0.4, 0.5) is 0 Å². The van der Waals surface area contributed by atoms with Gasteiger partial charge in [0.05, 0.1) is 6.20 Å². The van der Waals surface area contributed by atoms with E-state index in [0.29, 0.717) is 12.1 Å². The zero-order chi connectivity index (χ0) is 13.0. The van der Waals surface area contributed by atoms with E-state index < -0.39 is 0 Å². The number of Topliss-reactive ketones (excluding diaryl/α,β-unsaturated/α-hetero) is 1. The van der Waals surface area contributed by atoms with E-state index in [1.165, 1.54) is 5.56 Å². The molecule has 4 nitrogen and oxygen atoms in total. The molecule has 18 heavy (non-hydrogen) atoms. The molecule has 2 rings (SSSR count). The van der Waals surface area contributed by atoms with Crippen LogP contribution in [0.3, 0.4) is 0 Å². The number of nitrogens with zero attached hydrogens (tertiary/aromatic N) is 3. The largest absolute Gasteiger partial charge is 0.292 e. The van der Waals surface area contributed by atoms with Gasteiger partial charge in [0.25, 0.3) is 0 Å². The molecule has 2 aromatic rings. The number of ketones is 1. The Kier molecular flexibility index (Phi) is 3.87. The van der Waals surface area contributed by atoms with Crippen molar-refractivity contribution < 1.29 is 4.79 Å². The Morgan fingerprint density at radius 2 is 2.22 bits per heavy atom. The lowest BCUT2D eigenvalue weighted by Gasteiger charge is -2.04. The normalized spacial score (nSPS) is 10.6. The van der Waals surface area contributed by atoms with Gasteiger partial charge in [-0.3, -0.25) is 4.79 Å². The molecule has 0 aliphatic rings. The van der Waals surface area contributed by atoms with Crippen LogP contribution < -0.4 is 0 Å². The van der Waals surface area contributed by atoms with Crippen molar-refractivity contribution in [1.82, 2.24) is 15.0 Å². The quantitative estimate of drug-likeness (QED) is 0.758. The molecule has 0 aliphatic carbocycles. The lowest BCUT2D eigenvalue weighted by molar-refractivity contribution is 0.0982. The second kappa shape index (κ2) is 5.58. The molecular formula is C14H17N3O. The maximum absolute atomic E-state index is 12.2. The molecule has 1 aromatic heterocycles. The third-order valence-corrected chi connectivity index (χ3v) is 2.79. The average molecular weight is 243 g/mol. The maximum atomic E-state index is 12.2. The van der Waals surface area contributed by atoms with Crippen LogP contribution >= 0.6 is 0 Å². The minimum Gasteiger partial charge on any atom is -0.292 e. The molecule has 0 radical (unpaired) electrons. The first kappa shape index (κ1) is 12.5. The van der Waals surface area contributed by atoms with Crippen LogP contribution in [0.1, 0.15) is 35.0 Å². The van der Waals surface area contributed by atoms with E-state index >= 15 is 0 Å². The highest BCUT2D eigenvalue weighted by atomic mass is 16.1. The van der Waals surface area contributed by atoms with Gasteiger partial charge in [0.15, 0.2) is 5.78 Å². The highest BCUT2D eigenvalue weighted by Gasteiger charge is 2.13. The molecule has 4 heteroatoms. The van der Waals surface area contributed by atoms with Gasteiger partial charge in [-0.2, -0.15) is 0 Å². The number of hydrogen-bond acceptors (Lipinski definition) is 3. The standard InChI is InChI=1S/C14H17N3O/c1-3-7-17-13(10-15-16-17)14(18)9-12-6-4-5-11(2)8-12/h4-6,8,10H,3,7,9H2,1-2H3. The summed E-state index contributed by atoms with van der Waals surface area (Å²) in [6.07, 6.45) is 2.89. The molecule has 1 heterocycles. The number of rotatable bonds is 5. The van der Waals surface area contributed by atoms with Gasteiger partial charge in [-0.15, -0.1) is 5.10 Å². The summed E-state index contributed by atoms with van der Waals surface area (Å²) < 4.78 is 1.68. The summed E-state index contributed by atoms with van der Waals surface area (Å²) in [6, 6.07) is 8.00. The number of hydrogen-bond donors (Lipinski definition) is 0. The van der Waals surface area contributed by atoms with Crippen molar-refractivity contribution in [2.24, 2.45) is 0 Å². The lowest BCUT2D eigenvalue weighted by atomic mass is 10.1. The molecular weight excluding hydrogens is 226 g/mol. The molecule has 94 valence electrons. The maximum Gasteiger partial charge on any atom is 0.186 e. The second-order valence-electron chi connectivity index (χ2n) is 4.43. The molecule has 0 amide bonds. The van der Waals surface area contributed by atoms with E-state index in [9.17, 15) is 4.79 Å². The molecule has 0 N–H and O–H groups in total. The predicted octanol–water partition coefficient (Wildman–Crippen LogP) is 2.42. The Bertz CT molecular complexity index is 545. The minimum absolute atomic E-state index is 0.0686. The molecule has 0 fully saturated rings. The molecule has 0 saturated carbocycles. The molecule has 0 saturated heterocycles. The van der Waals surface area contributed by atoms with Crippen molar-refractivity contribution in [3.63, 3.8) is 0 Å². The van der Waals surface area contributed by atoms with Crippen LogP contribution in [0.2, 0.25) is 0 Å². The smallest absolute Gasteiger partial charge is 0.186 e. The Balaban J connectivity index is 2.14. The zero-order valence-corrected chi connectivity index (χ0v) is 10.8. The van der Waals surface area contributed by atoms with Crippen molar-refractivity contribution >= 4 is 5.78 Å². The van der Waals surface area contributed by atoms with Crippen LogP contribution in [0.15, 0.2) is 30.5 Å². The van der Waals surface area contributed by atoms with E-state index in [2.05, 4.69) is 17.2 Å². The van der Waals surface area contributed by atoms with Crippen molar-refractivity contribution in [3.05, 3.63) is 47.3 Å². The van der Waals surface area contributed by atoms with Crippen molar-refractivity contribution in [2.75, 3.05) is 0 Å². The summed E-state index contributed by atoms with van der Waals surface area (Å²) in [5.41, 5.74) is 2.79. The lowest BCUT2D eigenvalue weighted by Crippen LogP contribution is -2.12. The summed E-state index contributed by atoms with van der Waals surface area (Å²) in [6.45, 7) is 4.81. The van der Waals surface area contributed by atoms with E-state index in [0.717, 1.165) is 18.5 Å². The molecule has 0 atom stereocenters. The fraction of sp³-hybridized carbons (Fsp3) is 0.357. The monoisotopic (exact) mass is 243 g/mol. The van der Waals surface area contributed by atoms with Crippen LogP contribution in [0, 0.1) is 6.92 Å². The first-order valence-corrected chi connectivity index (χ1v) is 6.18. The van der Waals surface area contributed by atoms with Gasteiger partial charge in [-0.05, 0) is 18.9 Å². The van der Waals surface area contributed by atoms with Gasteiger partial charge in [-0.25, -0.2) is 4.68 Å². The SMILES string of the molecule is CCCn1nncc1C(=O)Cc1cccc(C)c1. The topological polar surface area (TPSA) is 47.8 Å². The summed E-state index contributed by atoms with van der Waals surface area (Å²) in [5, 5.41) is 7.75. The van der Waals surface area contributed by atoms with Crippen molar-refractivity contribution in [3.8, 4) is 0 Å². The average Bonchev–Trinajstić information content (AvgIpc) is 2.78. The summed E-state index contributed by atoms with van der Waals surface area (Å²) in [7, 11) is 0. The van der Waals surface area contributed by atoms with Gasteiger partial charge < -0.3 is 0 Å². The highest BCUT2D eigenvalue weighted by molar-refractivity contribution is 5.95. The van der Waals surface area contributed by atoms with E-state index in [-0.39, 0.29) is 5.78 Å². The number of aryl methyl sites for hydroxylation is 2. The summed E-state index contributed by atoms with van der Waals surface area (Å²) in [5.74, 6) is 0.0686. The fourth-order valence-corrected chi connectivity index (χ4v) is 1.95. The van der Waals surface area contributed by atoms with Crippen LogP contribution in [-0.2, 0) is 13.0 Å². The van der Waals surface area contributed by atoms with Gasteiger partial charge in [-0.1, -0.05) is 42.0 Å². The third-order valence-electron chi connectivity index (χ3n) is 2.79. The van der Waals surface area contributed by atoms with E-state index in [1.54, 1.807) is 10.9 Å². The Morgan fingerprint density at radius 3 is 2.94 bits per heavy atom. The van der Waals surface area contributed by atoms with Crippen LogP contribution in [0.25, 0.3) is 0 Å². The van der Waals surface area contributed by atoms with Crippen LogP contribution in [0.5, 0.6) is 0 Å². The second-order valence-corrected chi connectivity index (χ2v) is 4.43. The zero-order valence-electron chi connectivity index (χ0n) is 10.8. The number of aromatic nitrogens is 3. The van der Waals surface area contributed by atoms with E-state index in [1.807, 2.05) is 31.2 Å². The Morgan fingerprint density at radius 1 is 1.39 bits per heavy atom. The molecule has 1 aromatic carbocycles. The Labute approximate surface area is 107 Å². The fourth-order valence-electron chi connectivity index (χ4n) is 1.95. The first-order valence-electron chi connectivity index (χ1n) is 6.18. The van der Waals surface area contributed by atoms with Crippen LogP contribution in [-0.4, -0.2) is 20.8 Å². The van der Waals surface area contributed by atoms with Gasteiger partial charge in [0.2, 0.25) is 0 Å². The summed E-state index contributed by atoms with van der Waals surface area (Å²) >= 11 is 0. The van der Waals surface area contributed by atoms with Crippen molar-refractivity contribution in [1.29, 1.82) is 0 Å². The number of carbonyl (C=O) groups excluding carboxylic acids is 1. The molecule has 0 bridgehead atoms. The molecule has 0 spiro atoms. The Hall–Kier alpha value is -1.97. The number of carbonyl (C=O) groups is 1.